The van der Waals surface area contributed by atoms with Gasteiger partial charge in [0.15, 0.2) is 5.82 Å². The molecule has 0 radical (unpaired) electrons. The third-order valence-corrected chi connectivity index (χ3v) is 3.03. The third-order valence-electron chi connectivity index (χ3n) is 2.81. The molecule has 0 bridgehead atoms. The molecule has 0 aliphatic carbocycles. The van der Waals surface area contributed by atoms with Crippen LogP contribution < -0.4 is 5.73 Å². The van der Waals surface area contributed by atoms with Gasteiger partial charge in [0, 0.05) is 11.2 Å². The summed E-state index contributed by atoms with van der Waals surface area (Å²) in [6.45, 7) is 1.99. The Kier molecular flexibility index (Phi) is 2.45. The molecule has 2 heterocycles. The maximum atomic E-state index is 5.97. The zero-order valence-corrected chi connectivity index (χ0v) is 10.5. The van der Waals surface area contributed by atoms with Gasteiger partial charge in [-0.3, -0.25) is 4.98 Å². The van der Waals surface area contributed by atoms with Crippen molar-refractivity contribution in [3.8, 4) is 11.5 Å². The number of aromatic nitrogens is 3. The fourth-order valence-electron chi connectivity index (χ4n) is 1.95. The number of hydrogen-bond acceptors (Lipinski definition) is 3. The van der Waals surface area contributed by atoms with Crippen molar-refractivity contribution in [2.24, 2.45) is 0 Å². The number of fused-ring (bicyclic) bond motifs is 1. The summed E-state index contributed by atoms with van der Waals surface area (Å²) in [5.74, 6) is 0.706. The second kappa shape index (κ2) is 3.99. The Balaban J connectivity index is 2.26. The molecule has 0 unspecified atom stereocenters. The number of imidazole rings is 1. The Labute approximate surface area is 109 Å². The van der Waals surface area contributed by atoms with Crippen molar-refractivity contribution in [2.45, 2.75) is 6.92 Å². The highest BCUT2D eigenvalue weighted by Crippen LogP contribution is 2.27. The number of nitrogens with two attached hydrogens (primary N) is 1. The molecule has 3 rings (SSSR count). The summed E-state index contributed by atoms with van der Waals surface area (Å²) in [6.07, 6.45) is 1.74. The van der Waals surface area contributed by atoms with Gasteiger partial charge in [-0.15, -0.1) is 0 Å². The molecule has 0 fully saturated rings. The Morgan fingerprint density at radius 1 is 1.33 bits per heavy atom. The van der Waals surface area contributed by atoms with Crippen LogP contribution in [0.2, 0.25) is 5.02 Å². The van der Waals surface area contributed by atoms with E-state index in [2.05, 4.69) is 15.0 Å². The molecule has 4 nitrogen and oxygen atoms in total. The Bertz CT molecular complexity index is 733. The Morgan fingerprint density at radius 3 is 2.94 bits per heavy atom. The highest BCUT2D eigenvalue weighted by Gasteiger charge is 2.11. The highest BCUT2D eigenvalue weighted by molar-refractivity contribution is 6.31. The summed E-state index contributed by atoms with van der Waals surface area (Å²) in [5.41, 5.74) is 9.88. The van der Waals surface area contributed by atoms with Crippen LogP contribution in [0.1, 0.15) is 5.56 Å². The average Bonchev–Trinajstić information content (AvgIpc) is 2.73. The van der Waals surface area contributed by atoms with Gasteiger partial charge in [-0.05, 0) is 30.7 Å². The molecular formula is C13H11ClN4. The summed E-state index contributed by atoms with van der Waals surface area (Å²) >= 11 is 5.97. The first-order valence-electron chi connectivity index (χ1n) is 5.52. The molecule has 0 amide bonds. The molecule has 0 aliphatic heterocycles. The van der Waals surface area contributed by atoms with E-state index in [9.17, 15) is 0 Å². The zero-order valence-electron chi connectivity index (χ0n) is 9.74. The summed E-state index contributed by atoms with van der Waals surface area (Å²) in [5, 5.41) is 0.591. The van der Waals surface area contributed by atoms with E-state index in [0.717, 1.165) is 22.3 Å². The molecular weight excluding hydrogens is 248 g/mol. The topological polar surface area (TPSA) is 67.6 Å². The minimum Gasteiger partial charge on any atom is -0.397 e. The van der Waals surface area contributed by atoms with Crippen LogP contribution in [0.25, 0.3) is 22.6 Å². The van der Waals surface area contributed by atoms with Gasteiger partial charge in [0.1, 0.15) is 11.2 Å². The number of anilines is 1. The summed E-state index contributed by atoms with van der Waals surface area (Å²) in [6, 6.07) is 7.39. The van der Waals surface area contributed by atoms with Crippen molar-refractivity contribution in [3.63, 3.8) is 0 Å². The number of aryl methyl sites for hydroxylation is 1. The summed E-state index contributed by atoms with van der Waals surface area (Å²) < 4.78 is 0. The standard InChI is InChI=1S/C13H11ClN4/c1-7-3-2-4-16-11(7)13-17-10-6-8(14)5-9(15)12(10)18-13/h2-6H,15H2,1H3,(H,17,18). The van der Waals surface area contributed by atoms with Crippen LogP contribution in [0.5, 0.6) is 0 Å². The van der Waals surface area contributed by atoms with Gasteiger partial charge in [0.05, 0.1) is 11.2 Å². The lowest BCUT2D eigenvalue weighted by Crippen LogP contribution is -1.89. The molecule has 2 aromatic heterocycles. The van der Waals surface area contributed by atoms with Crippen molar-refractivity contribution >= 4 is 28.3 Å². The number of halogens is 1. The van der Waals surface area contributed by atoms with Gasteiger partial charge in [-0.25, -0.2) is 4.98 Å². The molecule has 0 atom stereocenters. The molecule has 0 saturated carbocycles. The van der Waals surface area contributed by atoms with Crippen molar-refractivity contribution in [1.29, 1.82) is 0 Å². The van der Waals surface area contributed by atoms with E-state index in [1.54, 1.807) is 12.3 Å². The predicted octanol–water partition coefficient (Wildman–Crippen LogP) is 3.17. The molecule has 5 heteroatoms. The number of nitrogens with zero attached hydrogens (tertiary/aromatic N) is 2. The van der Waals surface area contributed by atoms with E-state index in [-0.39, 0.29) is 0 Å². The second-order valence-corrected chi connectivity index (χ2v) is 4.58. The SMILES string of the molecule is Cc1cccnc1-c1nc2c(N)cc(Cl)cc2[nH]1. The molecule has 0 saturated heterocycles. The fraction of sp³-hybridized carbons (Fsp3) is 0.0769. The Hall–Kier alpha value is -2.07. The number of rotatable bonds is 1. The van der Waals surface area contributed by atoms with Crippen LogP contribution >= 0.6 is 11.6 Å². The van der Waals surface area contributed by atoms with E-state index < -0.39 is 0 Å². The van der Waals surface area contributed by atoms with Gasteiger partial charge in [0.2, 0.25) is 0 Å². The van der Waals surface area contributed by atoms with Crippen LogP contribution in [0, 0.1) is 6.92 Å². The molecule has 18 heavy (non-hydrogen) atoms. The molecule has 0 spiro atoms. The number of hydrogen-bond donors (Lipinski definition) is 2. The molecule has 3 aromatic rings. The minimum absolute atomic E-state index is 0.564. The molecule has 1 aromatic carbocycles. The van der Waals surface area contributed by atoms with E-state index in [1.165, 1.54) is 0 Å². The number of pyridine rings is 1. The normalized spacial score (nSPS) is 11.0. The lowest BCUT2D eigenvalue weighted by molar-refractivity contribution is 1.20. The van der Waals surface area contributed by atoms with Crippen LogP contribution in [0.3, 0.4) is 0 Å². The first-order chi connectivity index (χ1) is 8.65. The van der Waals surface area contributed by atoms with E-state index in [4.69, 9.17) is 17.3 Å². The van der Waals surface area contributed by atoms with Gasteiger partial charge in [0.25, 0.3) is 0 Å². The van der Waals surface area contributed by atoms with Crippen molar-refractivity contribution < 1.29 is 0 Å². The van der Waals surface area contributed by atoms with E-state index >= 15 is 0 Å². The van der Waals surface area contributed by atoms with Crippen molar-refractivity contribution in [1.82, 2.24) is 15.0 Å². The lowest BCUT2D eigenvalue weighted by Gasteiger charge is -1.98. The van der Waals surface area contributed by atoms with Crippen molar-refractivity contribution in [3.05, 3.63) is 41.0 Å². The summed E-state index contributed by atoms with van der Waals surface area (Å²) in [7, 11) is 0. The summed E-state index contributed by atoms with van der Waals surface area (Å²) in [4.78, 5) is 12.0. The van der Waals surface area contributed by atoms with Gasteiger partial charge < -0.3 is 10.7 Å². The van der Waals surface area contributed by atoms with Gasteiger partial charge in [-0.2, -0.15) is 0 Å². The fourth-order valence-corrected chi connectivity index (χ4v) is 2.18. The maximum absolute atomic E-state index is 5.97. The number of nitrogen functional groups attached to an aromatic ring is 1. The zero-order chi connectivity index (χ0) is 12.7. The van der Waals surface area contributed by atoms with E-state index in [1.807, 2.05) is 25.1 Å². The number of H-pyrrole nitrogens is 1. The van der Waals surface area contributed by atoms with Gasteiger partial charge >= 0.3 is 0 Å². The predicted molar refractivity (Wildman–Crippen MR) is 73.5 cm³/mol. The quantitative estimate of drug-likeness (QED) is 0.659. The minimum atomic E-state index is 0.564. The first-order valence-corrected chi connectivity index (χ1v) is 5.89. The van der Waals surface area contributed by atoms with E-state index in [0.29, 0.717) is 16.5 Å². The Morgan fingerprint density at radius 2 is 2.17 bits per heavy atom. The number of nitrogens with one attached hydrogen (secondary N) is 1. The number of aromatic amines is 1. The largest absolute Gasteiger partial charge is 0.397 e. The first kappa shape index (κ1) is 11.0. The molecule has 3 N–H and O–H groups in total. The smallest absolute Gasteiger partial charge is 0.157 e. The van der Waals surface area contributed by atoms with Crippen LogP contribution in [-0.2, 0) is 0 Å². The third kappa shape index (κ3) is 1.71. The number of benzene rings is 1. The van der Waals surface area contributed by atoms with Crippen LogP contribution in [-0.4, -0.2) is 15.0 Å². The maximum Gasteiger partial charge on any atom is 0.157 e. The molecule has 0 aliphatic rings. The van der Waals surface area contributed by atoms with Crippen LogP contribution in [0.15, 0.2) is 30.5 Å². The molecule has 90 valence electrons. The van der Waals surface area contributed by atoms with Crippen LogP contribution in [0.4, 0.5) is 5.69 Å². The monoisotopic (exact) mass is 258 g/mol. The van der Waals surface area contributed by atoms with Gasteiger partial charge in [-0.1, -0.05) is 17.7 Å². The average molecular weight is 259 g/mol. The lowest BCUT2D eigenvalue weighted by atomic mass is 10.2. The van der Waals surface area contributed by atoms with Crippen molar-refractivity contribution in [2.75, 3.05) is 5.73 Å². The highest BCUT2D eigenvalue weighted by atomic mass is 35.5. The second-order valence-electron chi connectivity index (χ2n) is 4.15.